The molecule has 0 unspecified atom stereocenters. The first-order valence-corrected chi connectivity index (χ1v) is 8.94. The lowest BCUT2D eigenvalue weighted by Crippen LogP contribution is -2.46. The lowest BCUT2D eigenvalue weighted by atomic mass is 10.1. The predicted molar refractivity (Wildman–Crippen MR) is 97.8 cm³/mol. The van der Waals surface area contributed by atoms with Crippen LogP contribution >= 0.6 is 15.9 Å². The fourth-order valence-electron chi connectivity index (χ4n) is 2.97. The minimum absolute atomic E-state index is 0.236. The molecule has 130 valence electrons. The maximum atomic E-state index is 13.7. The van der Waals surface area contributed by atoms with Gasteiger partial charge in [0.25, 0.3) is 0 Å². The van der Waals surface area contributed by atoms with Crippen LogP contribution in [-0.2, 0) is 6.54 Å². The van der Waals surface area contributed by atoms with Crippen molar-refractivity contribution in [3.63, 3.8) is 0 Å². The number of nitrogens with zero attached hydrogens (tertiary/aromatic N) is 5. The molecular weight excluding hydrogens is 385 g/mol. The van der Waals surface area contributed by atoms with E-state index < -0.39 is 0 Å². The first kappa shape index (κ1) is 17.8. The lowest BCUT2D eigenvalue weighted by Gasteiger charge is -2.35. The van der Waals surface area contributed by atoms with Crippen molar-refractivity contribution >= 4 is 21.7 Å². The molecule has 1 aliphatic heterocycles. The first-order chi connectivity index (χ1) is 12.0. The highest BCUT2D eigenvalue weighted by Gasteiger charge is 2.22. The van der Waals surface area contributed by atoms with Gasteiger partial charge in [-0.1, -0.05) is 6.07 Å². The van der Waals surface area contributed by atoms with Crippen LogP contribution in [0.4, 0.5) is 10.2 Å². The van der Waals surface area contributed by atoms with E-state index in [9.17, 15) is 9.65 Å². The SMILES string of the molecule is Cc1nnc(N2CCN(Cc3ccc(Br)c(F)c3)CC2)c(C#N)c1C. The topological polar surface area (TPSA) is 56.1 Å². The van der Waals surface area contributed by atoms with Gasteiger partial charge in [0.2, 0.25) is 0 Å². The van der Waals surface area contributed by atoms with E-state index in [1.54, 1.807) is 12.1 Å². The average molecular weight is 404 g/mol. The normalized spacial score (nSPS) is 15.2. The Morgan fingerprint density at radius 1 is 1.20 bits per heavy atom. The highest BCUT2D eigenvalue weighted by Crippen LogP contribution is 2.23. The van der Waals surface area contributed by atoms with Crippen molar-refractivity contribution in [2.45, 2.75) is 20.4 Å². The number of hydrogen-bond donors (Lipinski definition) is 0. The van der Waals surface area contributed by atoms with Gasteiger partial charge in [-0.3, -0.25) is 4.90 Å². The summed E-state index contributed by atoms with van der Waals surface area (Å²) in [5, 5.41) is 17.9. The van der Waals surface area contributed by atoms with Gasteiger partial charge in [-0.15, -0.1) is 5.10 Å². The maximum Gasteiger partial charge on any atom is 0.169 e. The molecular formula is C18H19BrFN5. The Bertz CT molecular complexity index is 825. The van der Waals surface area contributed by atoms with Crippen LogP contribution < -0.4 is 4.90 Å². The second-order valence-corrected chi connectivity index (χ2v) is 7.09. The van der Waals surface area contributed by atoms with Crippen molar-refractivity contribution < 1.29 is 4.39 Å². The molecule has 1 aliphatic rings. The summed E-state index contributed by atoms with van der Waals surface area (Å²) in [5.74, 6) is 0.431. The number of anilines is 1. The van der Waals surface area contributed by atoms with E-state index in [1.807, 2.05) is 19.9 Å². The molecule has 1 fully saturated rings. The number of benzene rings is 1. The first-order valence-electron chi connectivity index (χ1n) is 8.15. The zero-order chi connectivity index (χ0) is 18.0. The molecule has 2 heterocycles. The van der Waals surface area contributed by atoms with Crippen LogP contribution in [0.5, 0.6) is 0 Å². The van der Waals surface area contributed by atoms with Crippen LogP contribution in [-0.4, -0.2) is 41.3 Å². The fraction of sp³-hybridized carbons (Fsp3) is 0.389. The molecule has 1 aromatic heterocycles. The van der Waals surface area contributed by atoms with Crippen LogP contribution in [0.25, 0.3) is 0 Å². The van der Waals surface area contributed by atoms with Crippen LogP contribution in [0, 0.1) is 31.0 Å². The average Bonchev–Trinajstić information content (AvgIpc) is 2.61. The Hall–Kier alpha value is -2.04. The summed E-state index contributed by atoms with van der Waals surface area (Å²) in [6.07, 6.45) is 0. The number of aromatic nitrogens is 2. The van der Waals surface area contributed by atoms with Gasteiger partial charge < -0.3 is 4.90 Å². The zero-order valence-electron chi connectivity index (χ0n) is 14.3. The minimum atomic E-state index is -0.236. The Morgan fingerprint density at radius 2 is 1.92 bits per heavy atom. The summed E-state index contributed by atoms with van der Waals surface area (Å²) < 4.78 is 14.1. The van der Waals surface area contributed by atoms with E-state index in [0.717, 1.165) is 43.0 Å². The zero-order valence-corrected chi connectivity index (χ0v) is 15.8. The summed E-state index contributed by atoms with van der Waals surface area (Å²) in [7, 11) is 0. The summed E-state index contributed by atoms with van der Waals surface area (Å²) >= 11 is 3.18. The molecule has 0 saturated carbocycles. The highest BCUT2D eigenvalue weighted by molar-refractivity contribution is 9.10. The van der Waals surface area contributed by atoms with Crippen LogP contribution in [0.1, 0.15) is 22.4 Å². The van der Waals surface area contributed by atoms with Gasteiger partial charge in [-0.25, -0.2) is 4.39 Å². The molecule has 0 aliphatic carbocycles. The molecule has 1 aromatic carbocycles. The lowest BCUT2D eigenvalue weighted by molar-refractivity contribution is 0.249. The molecule has 5 nitrogen and oxygen atoms in total. The summed E-state index contributed by atoms with van der Waals surface area (Å²) in [4.78, 5) is 4.39. The van der Waals surface area contributed by atoms with Crippen molar-refractivity contribution in [1.82, 2.24) is 15.1 Å². The molecule has 0 N–H and O–H groups in total. The minimum Gasteiger partial charge on any atom is -0.351 e. The van der Waals surface area contributed by atoms with Gasteiger partial charge in [-0.2, -0.15) is 10.4 Å². The number of hydrogen-bond acceptors (Lipinski definition) is 5. The summed E-state index contributed by atoms with van der Waals surface area (Å²) in [5.41, 5.74) is 3.24. The Morgan fingerprint density at radius 3 is 2.56 bits per heavy atom. The second-order valence-electron chi connectivity index (χ2n) is 6.23. The Balaban J connectivity index is 1.67. The molecule has 0 amide bonds. The van der Waals surface area contributed by atoms with Crippen molar-refractivity contribution in [1.29, 1.82) is 5.26 Å². The third-order valence-corrected chi connectivity index (χ3v) is 5.25. The molecule has 0 atom stereocenters. The van der Waals surface area contributed by atoms with Crippen LogP contribution in [0.2, 0.25) is 0 Å². The van der Waals surface area contributed by atoms with Gasteiger partial charge in [0.1, 0.15) is 17.4 Å². The highest BCUT2D eigenvalue weighted by atomic mass is 79.9. The number of nitriles is 1. The molecule has 0 radical (unpaired) electrons. The van der Waals surface area contributed by atoms with Crippen LogP contribution in [0.15, 0.2) is 22.7 Å². The van der Waals surface area contributed by atoms with Gasteiger partial charge >= 0.3 is 0 Å². The quantitative estimate of drug-likeness (QED) is 0.787. The van der Waals surface area contributed by atoms with Crippen molar-refractivity contribution in [2.75, 3.05) is 31.1 Å². The number of aryl methyl sites for hydroxylation is 1. The second kappa shape index (κ2) is 7.46. The largest absolute Gasteiger partial charge is 0.351 e. The van der Waals surface area contributed by atoms with Crippen molar-refractivity contribution in [2.24, 2.45) is 0 Å². The summed E-state index contributed by atoms with van der Waals surface area (Å²) in [6, 6.07) is 7.50. The van der Waals surface area contributed by atoms with Gasteiger partial charge in [0, 0.05) is 32.7 Å². The molecule has 25 heavy (non-hydrogen) atoms. The van der Waals surface area contributed by atoms with E-state index in [2.05, 4.69) is 42.0 Å². The number of halogens is 2. The van der Waals surface area contributed by atoms with Crippen LogP contribution in [0.3, 0.4) is 0 Å². The molecule has 1 saturated heterocycles. The number of piperazine rings is 1. The molecule has 3 rings (SSSR count). The van der Waals surface area contributed by atoms with Gasteiger partial charge in [-0.05, 0) is 53.0 Å². The van der Waals surface area contributed by atoms with E-state index in [4.69, 9.17) is 0 Å². The monoisotopic (exact) mass is 403 g/mol. The summed E-state index contributed by atoms with van der Waals surface area (Å²) in [6.45, 7) is 7.68. The fourth-order valence-corrected chi connectivity index (χ4v) is 3.21. The molecule has 2 aromatic rings. The van der Waals surface area contributed by atoms with E-state index >= 15 is 0 Å². The van der Waals surface area contributed by atoms with Gasteiger partial charge in [0.05, 0.1) is 10.2 Å². The number of rotatable bonds is 3. The van der Waals surface area contributed by atoms with Crippen molar-refractivity contribution in [3.05, 3.63) is 50.9 Å². The van der Waals surface area contributed by atoms with E-state index in [-0.39, 0.29) is 5.82 Å². The van der Waals surface area contributed by atoms with E-state index in [0.29, 0.717) is 22.4 Å². The third kappa shape index (κ3) is 3.80. The Labute approximate surface area is 155 Å². The van der Waals surface area contributed by atoms with E-state index in [1.165, 1.54) is 0 Å². The third-order valence-electron chi connectivity index (χ3n) is 4.61. The standard InChI is InChI=1S/C18H19BrFN5/c1-12-13(2)22-23-18(15(12)10-21)25-7-5-24(6-8-25)11-14-3-4-16(19)17(20)9-14/h3-4,9H,5-8,11H2,1-2H3. The maximum absolute atomic E-state index is 13.7. The smallest absolute Gasteiger partial charge is 0.169 e. The molecule has 7 heteroatoms. The predicted octanol–water partition coefficient (Wildman–Crippen LogP) is 3.19. The molecule has 0 spiro atoms. The van der Waals surface area contributed by atoms with Crippen molar-refractivity contribution in [3.8, 4) is 6.07 Å². The Kier molecular flexibility index (Phi) is 5.30. The van der Waals surface area contributed by atoms with Gasteiger partial charge in [0.15, 0.2) is 5.82 Å². The molecule has 0 bridgehead atoms.